The quantitative estimate of drug-likeness (QED) is 0.223. The summed E-state index contributed by atoms with van der Waals surface area (Å²) in [5.74, 6) is -0.142. The monoisotopic (exact) mass is 597 g/mol. The second-order valence-corrected chi connectivity index (χ2v) is 9.59. The molecule has 0 spiro atoms. The maximum Gasteiger partial charge on any atom is 0.416 e. The average molecular weight is 598 g/mol. The molecule has 0 bridgehead atoms. The number of aromatic nitrogens is 2. The largest absolute Gasteiger partial charge is 0.493 e. The van der Waals surface area contributed by atoms with Crippen molar-refractivity contribution in [1.82, 2.24) is 9.97 Å². The summed E-state index contributed by atoms with van der Waals surface area (Å²) in [6, 6.07) is 15.5. The van der Waals surface area contributed by atoms with Gasteiger partial charge in [-0.3, -0.25) is 14.9 Å². The summed E-state index contributed by atoms with van der Waals surface area (Å²) in [6.07, 6.45) is -2.57. The van der Waals surface area contributed by atoms with E-state index in [2.05, 4.69) is 15.3 Å². The number of alkyl halides is 3. The fourth-order valence-electron chi connectivity index (χ4n) is 4.34. The van der Waals surface area contributed by atoms with Gasteiger partial charge in [-0.2, -0.15) is 13.2 Å². The van der Waals surface area contributed by atoms with E-state index in [9.17, 15) is 22.8 Å². The van der Waals surface area contributed by atoms with Crippen LogP contribution in [0.5, 0.6) is 17.2 Å². The number of hydrogen-bond donors (Lipinski definition) is 1. The fraction of sp³-hybridized carbons (Fsp3) is 0.200. The van der Waals surface area contributed by atoms with Crippen LogP contribution in [-0.4, -0.2) is 35.1 Å². The topological polar surface area (TPSA) is 99.6 Å². The van der Waals surface area contributed by atoms with E-state index in [-0.39, 0.29) is 29.1 Å². The van der Waals surface area contributed by atoms with E-state index in [0.29, 0.717) is 47.1 Å². The molecule has 3 aromatic carbocycles. The molecule has 1 aromatic heterocycles. The second-order valence-electron chi connectivity index (χ2n) is 9.18. The normalized spacial score (nSPS) is 14.4. The maximum atomic E-state index is 12.9. The molecule has 4 aromatic rings. The van der Waals surface area contributed by atoms with Crippen LogP contribution in [-0.2, 0) is 15.7 Å². The standard InChI is InChI=1S/C30H23ClF3N3O5/c1-2-40-28(39)21-12-14-41-25-16-26(23(31)15-22(21)25)42-20-9-5-18(6-10-20)27(38)37-29-35-13-11-24(36-29)17-3-7-19(8-4-17)30(32,33)34/h3-11,13,15-16,21H,2,12,14H2,1H3,(H,35,36,37,38). The predicted molar refractivity (Wildman–Crippen MR) is 148 cm³/mol. The van der Waals surface area contributed by atoms with Crippen LogP contribution in [0.4, 0.5) is 19.1 Å². The van der Waals surface area contributed by atoms with Crippen molar-refractivity contribution in [2.45, 2.75) is 25.4 Å². The van der Waals surface area contributed by atoms with Crippen molar-refractivity contribution in [3.8, 4) is 28.5 Å². The lowest BCUT2D eigenvalue weighted by Crippen LogP contribution is -2.23. The third-order valence-electron chi connectivity index (χ3n) is 6.41. The van der Waals surface area contributed by atoms with Gasteiger partial charge in [0, 0.05) is 29.0 Å². The molecule has 1 atom stereocenters. The third kappa shape index (κ3) is 6.46. The van der Waals surface area contributed by atoms with Crippen molar-refractivity contribution >= 4 is 29.4 Å². The van der Waals surface area contributed by atoms with Gasteiger partial charge in [0.2, 0.25) is 5.95 Å². The number of esters is 1. The van der Waals surface area contributed by atoms with E-state index < -0.39 is 23.6 Å². The molecule has 0 radical (unpaired) electrons. The van der Waals surface area contributed by atoms with E-state index in [1.807, 2.05) is 0 Å². The minimum Gasteiger partial charge on any atom is -0.493 e. The Hall–Kier alpha value is -4.64. The van der Waals surface area contributed by atoms with Crippen molar-refractivity contribution < 1.29 is 37.0 Å². The Morgan fingerprint density at radius 2 is 1.81 bits per heavy atom. The first-order valence-corrected chi connectivity index (χ1v) is 13.2. The molecule has 2 heterocycles. The molecule has 8 nitrogen and oxygen atoms in total. The van der Waals surface area contributed by atoms with Crippen molar-refractivity contribution in [3.05, 3.63) is 94.6 Å². The molecule has 216 valence electrons. The predicted octanol–water partition coefficient (Wildman–Crippen LogP) is 7.29. The van der Waals surface area contributed by atoms with E-state index in [4.69, 9.17) is 25.8 Å². The maximum absolute atomic E-state index is 12.9. The minimum absolute atomic E-state index is 0.0142. The van der Waals surface area contributed by atoms with Crippen molar-refractivity contribution in [2.24, 2.45) is 0 Å². The smallest absolute Gasteiger partial charge is 0.416 e. The van der Waals surface area contributed by atoms with Crippen molar-refractivity contribution in [3.63, 3.8) is 0 Å². The molecular formula is C30H23ClF3N3O5. The number of rotatable bonds is 7. The van der Waals surface area contributed by atoms with Crippen LogP contribution in [0.3, 0.4) is 0 Å². The average Bonchev–Trinajstić information content (AvgIpc) is 2.97. The Kier molecular flexibility index (Phi) is 8.30. The summed E-state index contributed by atoms with van der Waals surface area (Å²) < 4.78 is 55.4. The Morgan fingerprint density at radius 3 is 2.50 bits per heavy atom. The molecule has 1 amide bonds. The van der Waals surface area contributed by atoms with Gasteiger partial charge in [-0.25, -0.2) is 9.97 Å². The lowest BCUT2D eigenvalue weighted by molar-refractivity contribution is -0.145. The van der Waals surface area contributed by atoms with Crippen LogP contribution in [0, 0.1) is 0 Å². The van der Waals surface area contributed by atoms with E-state index in [0.717, 1.165) is 12.1 Å². The van der Waals surface area contributed by atoms with Gasteiger partial charge in [0.05, 0.1) is 35.4 Å². The van der Waals surface area contributed by atoms with Gasteiger partial charge < -0.3 is 14.2 Å². The lowest BCUT2D eigenvalue weighted by Gasteiger charge is -2.25. The number of nitrogens with one attached hydrogen (secondary N) is 1. The van der Waals surface area contributed by atoms with Crippen molar-refractivity contribution in [2.75, 3.05) is 18.5 Å². The first-order valence-electron chi connectivity index (χ1n) is 12.8. The summed E-state index contributed by atoms with van der Waals surface area (Å²) in [5, 5.41) is 2.86. The second kappa shape index (κ2) is 12.1. The SMILES string of the molecule is CCOC(=O)C1CCOc2cc(Oc3ccc(C(=O)Nc4nccc(-c5ccc(C(F)(F)F)cc5)n4)cc3)c(Cl)cc21. The highest BCUT2D eigenvalue weighted by Gasteiger charge is 2.31. The fourth-order valence-corrected chi connectivity index (χ4v) is 4.55. The zero-order valence-electron chi connectivity index (χ0n) is 22.1. The molecule has 12 heteroatoms. The van der Waals surface area contributed by atoms with Crippen LogP contribution >= 0.6 is 11.6 Å². The Labute approximate surface area is 243 Å². The summed E-state index contributed by atoms with van der Waals surface area (Å²) in [5.41, 5.74) is 0.921. The lowest BCUT2D eigenvalue weighted by atomic mass is 9.93. The Balaban J connectivity index is 1.26. The number of amides is 1. The van der Waals surface area contributed by atoms with E-state index in [1.165, 1.54) is 36.5 Å². The summed E-state index contributed by atoms with van der Waals surface area (Å²) in [6.45, 7) is 2.37. The molecule has 0 fully saturated rings. The van der Waals surface area contributed by atoms with E-state index >= 15 is 0 Å². The highest BCUT2D eigenvalue weighted by molar-refractivity contribution is 6.32. The first-order chi connectivity index (χ1) is 20.1. The number of halogens is 4. The van der Waals surface area contributed by atoms with Gasteiger partial charge in [0.1, 0.15) is 17.2 Å². The summed E-state index contributed by atoms with van der Waals surface area (Å²) >= 11 is 6.45. The molecule has 1 aliphatic rings. The van der Waals surface area contributed by atoms with Gasteiger partial charge in [0.25, 0.3) is 5.91 Å². The molecule has 0 saturated carbocycles. The minimum atomic E-state index is -4.44. The number of ether oxygens (including phenoxy) is 3. The van der Waals surface area contributed by atoms with Crippen LogP contribution < -0.4 is 14.8 Å². The zero-order chi connectivity index (χ0) is 29.9. The van der Waals surface area contributed by atoms with Gasteiger partial charge in [0.15, 0.2) is 0 Å². The number of hydrogen-bond acceptors (Lipinski definition) is 7. The molecule has 0 saturated heterocycles. The molecule has 0 aliphatic carbocycles. The van der Waals surface area contributed by atoms with E-state index in [1.54, 1.807) is 31.2 Å². The molecule has 1 N–H and O–H groups in total. The molecular weight excluding hydrogens is 575 g/mol. The Bertz CT molecular complexity index is 1610. The molecule has 1 aliphatic heterocycles. The highest BCUT2D eigenvalue weighted by atomic mass is 35.5. The summed E-state index contributed by atoms with van der Waals surface area (Å²) in [4.78, 5) is 33.4. The highest BCUT2D eigenvalue weighted by Crippen LogP contribution is 2.42. The van der Waals surface area contributed by atoms with Crippen LogP contribution in [0.25, 0.3) is 11.3 Å². The summed E-state index contributed by atoms with van der Waals surface area (Å²) in [7, 11) is 0. The Morgan fingerprint density at radius 1 is 1.07 bits per heavy atom. The van der Waals surface area contributed by atoms with Crippen LogP contribution in [0.15, 0.2) is 72.9 Å². The molecule has 5 rings (SSSR count). The first kappa shape index (κ1) is 28.9. The van der Waals surface area contributed by atoms with Crippen LogP contribution in [0.1, 0.15) is 40.7 Å². The molecule has 1 unspecified atom stereocenters. The number of benzene rings is 3. The van der Waals surface area contributed by atoms with Gasteiger partial charge in [-0.1, -0.05) is 23.7 Å². The number of nitrogens with zero attached hydrogens (tertiary/aromatic N) is 2. The van der Waals surface area contributed by atoms with Gasteiger partial charge in [-0.15, -0.1) is 0 Å². The van der Waals surface area contributed by atoms with Gasteiger partial charge in [-0.05, 0) is 61.9 Å². The number of carbonyl (C=O) groups excluding carboxylic acids is 2. The molecule has 42 heavy (non-hydrogen) atoms. The zero-order valence-corrected chi connectivity index (χ0v) is 22.8. The van der Waals surface area contributed by atoms with Crippen molar-refractivity contribution in [1.29, 1.82) is 0 Å². The number of carbonyl (C=O) groups is 2. The number of anilines is 1. The third-order valence-corrected chi connectivity index (χ3v) is 6.70. The van der Waals surface area contributed by atoms with Gasteiger partial charge >= 0.3 is 12.1 Å². The van der Waals surface area contributed by atoms with Crippen LogP contribution in [0.2, 0.25) is 5.02 Å². The number of fused-ring (bicyclic) bond motifs is 1.